The number of nitrogens with zero attached hydrogens (tertiary/aromatic N) is 2. The average molecular weight is 370 g/mol. The highest BCUT2D eigenvalue weighted by Gasteiger charge is 2.12. The topological polar surface area (TPSA) is 56.2 Å². The summed E-state index contributed by atoms with van der Waals surface area (Å²) in [6, 6.07) is 13.1. The lowest BCUT2D eigenvalue weighted by Crippen LogP contribution is -2.15. The number of nitrogens with one attached hydrogen (secondary N) is 1. The van der Waals surface area contributed by atoms with Crippen molar-refractivity contribution in [3.8, 4) is 5.75 Å². The molecular weight excluding hydrogens is 350 g/mol. The Morgan fingerprint density at radius 2 is 1.85 bits per heavy atom. The van der Waals surface area contributed by atoms with Gasteiger partial charge in [0.2, 0.25) is 0 Å². The first kappa shape index (κ1) is 18.0. The number of carbonyl (C=O) groups excluding carboxylic acids is 1. The van der Waals surface area contributed by atoms with Crippen LogP contribution in [0.5, 0.6) is 5.75 Å². The molecule has 0 aliphatic carbocycles. The van der Waals surface area contributed by atoms with Crippen LogP contribution < -0.4 is 10.1 Å². The van der Waals surface area contributed by atoms with E-state index >= 15 is 0 Å². The van der Waals surface area contributed by atoms with Crippen molar-refractivity contribution in [2.45, 2.75) is 27.5 Å². The molecule has 0 atom stereocenters. The Hall–Kier alpha value is -2.79. The van der Waals surface area contributed by atoms with E-state index in [-0.39, 0.29) is 12.6 Å². The SMILES string of the molecule is Cc1ccc(C)c(NC(=O)c2ccn(COc3cc(C)ccc3Cl)n2)c1. The van der Waals surface area contributed by atoms with E-state index in [1.54, 1.807) is 23.0 Å². The van der Waals surface area contributed by atoms with E-state index in [1.165, 1.54) is 0 Å². The van der Waals surface area contributed by atoms with Gasteiger partial charge in [-0.2, -0.15) is 5.10 Å². The lowest BCUT2D eigenvalue weighted by atomic mass is 10.1. The molecule has 1 amide bonds. The van der Waals surface area contributed by atoms with Crippen LogP contribution in [-0.4, -0.2) is 15.7 Å². The maximum atomic E-state index is 12.4. The first-order valence-electron chi connectivity index (χ1n) is 8.23. The van der Waals surface area contributed by atoms with E-state index in [0.717, 1.165) is 22.4 Å². The van der Waals surface area contributed by atoms with Crippen LogP contribution in [0.4, 0.5) is 5.69 Å². The Kier molecular flexibility index (Phi) is 5.28. The molecule has 0 aliphatic rings. The number of hydrogen-bond donors (Lipinski definition) is 1. The number of amides is 1. The van der Waals surface area contributed by atoms with E-state index in [4.69, 9.17) is 16.3 Å². The third kappa shape index (κ3) is 4.24. The van der Waals surface area contributed by atoms with E-state index in [2.05, 4.69) is 10.4 Å². The van der Waals surface area contributed by atoms with Gasteiger partial charge in [-0.05, 0) is 61.7 Å². The highest BCUT2D eigenvalue weighted by molar-refractivity contribution is 6.32. The second-order valence-electron chi connectivity index (χ2n) is 6.22. The zero-order valence-electron chi connectivity index (χ0n) is 14.9. The smallest absolute Gasteiger partial charge is 0.276 e. The third-order valence-corrected chi connectivity index (χ3v) is 4.27. The van der Waals surface area contributed by atoms with Gasteiger partial charge in [0.1, 0.15) is 5.75 Å². The minimum absolute atomic E-state index is 0.167. The molecule has 1 N–H and O–H groups in total. The van der Waals surface area contributed by atoms with Gasteiger partial charge in [-0.1, -0.05) is 29.8 Å². The number of halogens is 1. The van der Waals surface area contributed by atoms with Crippen LogP contribution in [0.2, 0.25) is 5.02 Å². The molecule has 0 saturated heterocycles. The predicted molar refractivity (Wildman–Crippen MR) is 103 cm³/mol. The number of rotatable bonds is 5. The molecule has 3 aromatic rings. The standard InChI is InChI=1S/C20H20ClN3O2/c1-13-4-6-15(3)18(10-13)22-20(25)17-8-9-24(23-17)12-26-19-11-14(2)5-7-16(19)21/h4-11H,12H2,1-3H3,(H,22,25). The second kappa shape index (κ2) is 7.62. The van der Waals surface area contributed by atoms with Crippen molar-refractivity contribution < 1.29 is 9.53 Å². The Balaban J connectivity index is 1.66. The molecule has 1 aromatic heterocycles. The molecular formula is C20H20ClN3O2. The molecule has 0 spiro atoms. The molecule has 0 radical (unpaired) electrons. The number of aromatic nitrogens is 2. The van der Waals surface area contributed by atoms with Crippen molar-refractivity contribution in [1.82, 2.24) is 9.78 Å². The number of carbonyl (C=O) groups is 1. The summed E-state index contributed by atoms with van der Waals surface area (Å²) in [5.41, 5.74) is 4.25. The van der Waals surface area contributed by atoms with Crippen molar-refractivity contribution in [3.63, 3.8) is 0 Å². The monoisotopic (exact) mass is 369 g/mol. The van der Waals surface area contributed by atoms with Crippen molar-refractivity contribution in [2.75, 3.05) is 5.32 Å². The molecule has 6 heteroatoms. The van der Waals surface area contributed by atoms with Crippen molar-refractivity contribution in [2.24, 2.45) is 0 Å². The summed E-state index contributed by atoms with van der Waals surface area (Å²) < 4.78 is 7.24. The summed E-state index contributed by atoms with van der Waals surface area (Å²) in [4.78, 5) is 12.4. The van der Waals surface area contributed by atoms with Crippen LogP contribution in [0.25, 0.3) is 0 Å². The molecule has 3 rings (SSSR count). The number of aryl methyl sites for hydroxylation is 3. The Morgan fingerprint density at radius 1 is 1.12 bits per heavy atom. The van der Waals surface area contributed by atoms with Gasteiger partial charge >= 0.3 is 0 Å². The Labute approximate surface area is 157 Å². The molecule has 0 fully saturated rings. The predicted octanol–water partition coefficient (Wildman–Crippen LogP) is 4.75. The third-order valence-electron chi connectivity index (χ3n) is 3.95. The lowest BCUT2D eigenvalue weighted by molar-refractivity contribution is 0.102. The van der Waals surface area contributed by atoms with E-state index in [0.29, 0.717) is 16.5 Å². The summed E-state index contributed by atoms with van der Waals surface area (Å²) in [6.07, 6.45) is 1.70. The fourth-order valence-corrected chi connectivity index (χ4v) is 2.64. The molecule has 0 unspecified atom stereocenters. The van der Waals surface area contributed by atoms with Gasteiger partial charge in [-0.25, -0.2) is 4.68 Å². The summed E-state index contributed by atoms with van der Waals surface area (Å²) in [5.74, 6) is 0.328. The second-order valence-corrected chi connectivity index (χ2v) is 6.63. The molecule has 0 saturated carbocycles. The molecule has 0 bridgehead atoms. The normalized spacial score (nSPS) is 10.6. The first-order valence-corrected chi connectivity index (χ1v) is 8.61. The van der Waals surface area contributed by atoms with Crippen LogP contribution in [0.1, 0.15) is 27.2 Å². The summed E-state index contributed by atoms with van der Waals surface area (Å²) in [6.45, 7) is 6.07. The quantitative estimate of drug-likeness (QED) is 0.706. The van der Waals surface area contributed by atoms with E-state index in [1.807, 2.05) is 51.1 Å². The van der Waals surface area contributed by atoms with Gasteiger partial charge in [-0.3, -0.25) is 4.79 Å². The van der Waals surface area contributed by atoms with Crippen molar-refractivity contribution >= 4 is 23.2 Å². The Bertz CT molecular complexity index is 950. The molecule has 2 aromatic carbocycles. The molecule has 0 aliphatic heterocycles. The number of benzene rings is 2. The van der Waals surface area contributed by atoms with Gasteiger partial charge in [0.15, 0.2) is 12.4 Å². The molecule has 26 heavy (non-hydrogen) atoms. The highest BCUT2D eigenvalue weighted by Crippen LogP contribution is 2.25. The van der Waals surface area contributed by atoms with Crippen molar-refractivity contribution in [3.05, 3.63) is 76.1 Å². The minimum Gasteiger partial charge on any atom is -0.470 e. The zero-order valence-corrected chi connectivity index (χ0v) is 15.7. The lowest BCUT2D eigenvalue weighted by Gasteiger charge is -2.09. The van der Waals surface area contributed by atoms with Gasteiger partial charge in [0, 0.05) is 11.9 Å². The van der Waals surface area contributed by atoms with Crippen LogP contribution in [-0.2, 0) is 6.73 Å². The van der Waals surface area contributed by atoms with Crippen LogP contribution >= 0.6 is 11.6 Å². The number of anilines is 1. The fraction of sp³-hybridized carbons (Fsp3) is 0.200. The summed E-state index contributed by atoms with van der Waals surface area (Å²) in [7, 11) is 0. The van der Waals surface area contributed by atoms with Crippen molar-refractivity contribution in [1.29, 1.82) is 0 Å². The van der Waals surface area contributed by atoms with Crippen LogP contribution in [0, 0.1) is 20.8 Å². The van der Waals surface area contributed by atoms with E-state index in [9.17, 15) is 4.79 Å². The molecule has 1 heterocycles. The zero-order chi connectivity index (χ0) is 18.7. The van der Waals surface area contributed by atoms with Gasteiger partial charge in [-0.15, -0.1) is 0 Å². The number of ether oxygens (including phenoxy) is 1. The molecule has 134 valence electrons. The Morgan fingerprint density at radius 3 is 2.65 bits per heavy atom. The fourth-order valence-electron chi connectivity index (χ4n) is 2.47. The molecule has 5 nitrogen and oxygen atoms in total. The van der Waals surface area contributed by atoms with Crippen LogP contribution in [0.15, 0.2) is 48.7 Å². The maximum Gasteiger partial charge on any atom is 0.276 e. The highest BCUT2D eigenvalue weighted by atomic mass is 35.5. The van der Waals surface area contributed by atoms with Gasteiger partial charge in [0.05, 0.1) is 5.02 Å². The van der Waals surface area contributed by atoms with Gasteiger partial charge < -0.3 is 10.1 Å². The average Bonchev–Trinajstić information content (AvgIpc) is 3.08. The number of hydrogen-bond acceptors (Lipinski definition) is 3. The van der Waals surface area contributed by atoms with Crippen LogP contribution in [0.3, 0.4) is 0 Å². The van der Waals surface area contributed by atoms with Gasteiger partial charge in [0.25, 0.3) is 5.91 Å². The summed E-state index contributed by atoms with van der Waals surface area (Å²) in [5, 5.41) is 7.69. The largest absolute Gasteiger partial charge is 0.470 e. The first-order chi connectivity index (χ1) is 12.4. The summed E-state index contributed by atoms with van der Waals surface area (Å²) >= 11 is 6.12. The maximum absolute atomic E-state index is 12.4. The minimum atomic E-state index is -0.258. The van der Waals surface area contributed by atoms with E-state index < -0.39 is 0 Å².